The van der Waals surface area contributed by atoms with Crippen LogP contribution in [0.15, 0.2) is 47.3 Å². The number of aromatic nitrogens is 1. The Hall–Kier alpha value is -3.12. The highest BCUT2D eigenvalue weighted by Gasteiger charge is 2.17. The highest BCUT2D eigenvalue weighted by atomic mass is 16.5. The number of aromatic amines is 1. The number of pyridine rings is 1. The summed E-state index contributed by atoms with van der Waals surface area (Å²) in [7, 11) is 0. The fourth-order valence-electron chi connectivity index (χ4n) is 3.72. The number of nitrogens with one attached hydrogen (secondary N) is 2. The Morgan fingerprint density at radius 2 is 1.87 bits per heavy atom. The largest absolute Gasteiger partial charge is 0.382 e. The zero-order valence-electron chi connectivity index (χ0n) is 18.7. The molecule has 0 aliphatic rings. The van der Waals surface area contributed by atoms with E-state index in [1.807, 2.05) is 64.1 Å². The molecule has 2 N–H and O–H groups in total. The molecule has 0 radical (unpaired) electrons. The molecule has 0 aliphatic carbocycles. The molecule has 164 valence electrons. The summed E-state index contributed by atoms with van der Waals surface area (Å²) >= 11 is 0. The van der Waals surface area contributed by atoms with Gasteiger partial charge in [-0.3, -0.25) is 4.79 Å². The number of urea groups is 1. The zero-order chi connectivity index (χ0) is 22.4. The van der Waals surface area contributed by atoms with Crippen molar-refractivity contribution in [1.29, 1.82) is 0 Å². The number of carbonyl (C=O) groups excluding carboxylic acids is 1. The molecule has 0 saturated heterocycles. The van der Waals surface area contributed by atoms with Crippen molar-refractivity contribution in [3.63, 3.8) is 0 Å². The highest BCUT2D eigenvalue weighted by molar-refractivity contribution is 5.90. The lowest BCUT2D eigenvalue weighted by molar-refractivity contribution is 0.134. The summed E-state index contributed by atoms with van der Waals surface area (Å²) in [6.07, 6.45) is 0.693. The molecule has 6 nitrogen and oxygen atoms in total. The summed E-state index contributed by atoms with van der Waals surface area (Å²) in [4.78, 5) is 30.5. The minimum absolute atomic E-state index is 0.169. The van der Waals surface area contributed by atoms with Gasteiger partial charge in [0, 0.05) is 31.0 Å². The van der Waals surface area contributed by atoms with Gasteiger partial charge in [0.2, 0.25) is 0 Å². The van der Waals surface area contributed by atoms with Gasteiger partial charge in [-0.2, -0.15) is 0 Å². The van der Waals surface area contributed by atoms with Gasteiger partial charge in [-0.05, 0) is 68.8 Å². The molecule has 31 heavy (non-hydrogen) atoms. The Morgan fingerprint density at radius 3 is 2.61 bits per heavy atom. The van der Waals surface area contributed by atoms with Crippen molar-refractivity contribution in [3.05, 3.63) is 75.1 Å². The Kier molecular flexibility index (Phi) is 7.47. The van der Waals surface area contributed by atoms with Crippen molar-refractivity contribution >= 4 is 22.6 Å². The van der Waals surface area contributed by atoms with Crippen LogP contribution >= 0.6 is 0 Å². The SMILES string of the molecule is CCOCCCN(Cc1cc2cc(C)cc(C)c2[nH]c1=O)C(=O)Nc1ccccc1C. The quantitative estimate of drug-likeness (QED) is 0.507. The van der Waals surface area contributed by atoms with Crippen LogP contribution in [-0.4, -0.2) is 35.7 Å². The van der Waals surface area contributed by atoms with E-state index in [4.69, 9.17) is 4.74 Å². The lowest BCUT2D eigenvalue weighted by Gasteiger charge is -2.24. The van der Waals surface area contributed by atoms with Gasteiger partial charge < -0.3 is 19.9 Å². The molecule has 0 aliphatic heterocycles. The third-order valence-corrected chi connectivity index (χ3v) is 5.33. The third kappa shape index (κ3) is 5.73. The van der Waals surface area contributed by atoms with Crippen molar-refractivity contribution < 1.29 is 9.53 Å². The van der Waals surface area contributed by atoms with Crippen LogP contribution < -0.4 is 10.9 Å². The van der Waals surface area contributed by atoms with Gasteiger partial charge in [0.15, 0.2) is 0 Å². The number of aryl methyl sites for hydroxylation is 3. The first kappa shape index (κ1) is 22.6. The molecule has 2 aromatic carbocycles. The van der Waals surface area contributed by atoms with Gasteiger partial charge in [-0.25, -0.2) is 4.79 Å². The normalized spacial score (nSPS) is 11.0. The summed E-state index contributed by atoms with van der Waals surface area (Å²) in [6.45, 7) is 9.84. The van der Waals surface area contributed by atoms with Crippen molar-refractivity contribution in [2.24, 2.45) is 0 Å². The molecule has 6 heteroatoms. The first-order valence-corrected chi connectivity index (χ1v) is 10.7. The number of para-hydroxylation sites is 1. The highest BCUT2D eigenvalue weighted by Crippen LogP contribution is 2.19. The van der Waals surface area contributed by atoms with Crippen molar-refractivity contribution in [3.8, 4) is 0 Å². The van der Waals surface area contributed by atoms with Crippen LogP contribution in [0.5, 0.6) is 0 Å². The molecule has 0 spiro atoms. The summed E-state index contributed by atoms with van der Waals surface area (Å²) in [6, 6.07) is 13.4. The Morgan fingerprint density at radius 1 is 1.10 bits per heavy atom. The van der Waals surface area contributed by atoms with E-state index < -0.39 is 0 Å². The van der Waals surface area contributed by atoms with Crippen LogP contribution in [0.25, 0.3) is 10.9 Å². The molecule has 2 amide bonds. The number of fused-ring (bicyclic) bond motifs is 1. The minimum Gasteiger partial charge on any atom is -0.382 e. The van der Waals surface area contributed by atoms with Crippen LogP contribution in [0.1, 0.15) is 35.6 Å². The van der Waals surface area contributed by atoms with Gasteiger partial charge in [-0.1, -0.05) is 29.8 Å². The van der Waals surface area contributed by atoms with Crippen LogP contribution in [0, 0.1) is 20.8 Å². The maximum absolute atomic E-state index is 13.1. The Balaban J connectivity index is 1.87. The Labute approximate surface area is 183 Å². The van der Waals surface area contributed by atoms with Crippen LogP contribution in [0.3, 0.4) is 0 Å². The molecule has 0 saturated carbocycles. The number of carbonyl (C=O) groups is 1. The number of ether oxygens (including phenoxy) is 1. The first-order chi connectivity index (χ1) is 14.9. The van der Waals surface area contributed by atoms with Crippen LogP contribution in [-0.2, 0) is 11.3 Å². The Bertz CT molecular complexity index is 1120. The average molecular weight is 422 g/mol. The summed E-state index contributed by atoms with van der Waals surface area (Å²) in [5.41, 5.74) is 5.15. The second-order valence-corrected chi connectivity index (χ2v) is 7.89. The number of hydrogen-bond donors (Lipinski definition) is 2. The predicted octanol–water partition coefficient (Wildman–Crippen LogP) is 4.91. The van der Waals surface area contributed by atoms with E-state index in [1.165, 1.54) is 0 Å². The summed E-state index contributed by atoms with van der Waals surface area (Å²) in [5, 5.41) is 3.95. The number of hydrogen-bond acceptors (Lipinski definition) is 3. The molecule has 3 rings (SSSR count). The monoisotopic (exact) mass is 421 g/mol. The summed E-state index contributed by atoms with van der Waals surface area (Å²) < 4.78 is 5.43. The van der Waals surface area contributed by atoms with E-state index >= 15 is 0 Å². The molecular formula is C25H31N3O3. The van der Waals surface area contributed by atoms with Crippen molar-refractivity contribution in [2.75, 3.05) is 25.1 Å². The third-order valence-electron chi connectivity index (χ3n) is 5.33. The number of amides is 2. The van der Waals surface area contributed by atoms with Gasteiger partial charge >= 0.3 is 6.03 Å². The smallest absolute Gasteiger partial charge is 0.322 e. The van der Waals surface area contributed by atoms with E-state index in [-0.39, 0.29) is 18.1 Å². The lowest BCUT2D eigenvalue weighted by Crippen LogP contribution is -2.37. The van der Waals surface area contributed by atoms with Crippen LogP contribution in [0.4, 0.5) is 10.5 Å². The summed E-state index contributed by atoms with van der Waals surface area (Å²) in [5.74, 6) is 0. The number of anilines is 1. The molecule has 0 atom stereocenters. The maximum Gasteiger partial charge on any atom is 0.322 e. The van der Waals surface area contributed by atoms with Gasteiger partial charge in [0.1, 0.15) is 0 Å². The molecular weight excluding hydrogens is 390 g/mol. The number of nitrogens with zero attached hydrogens (tertiary/aromatic N) is 1. The number of benzene rings is 2. The predicted molar refractivity (Wildman–Crippen MR) is 126 cm³/mol. The maximum atomic E-state index is 13.1. The van der Waals surface area contributed by atoms with E-state index in [0.717, 1.165) is 33.3 Å². The molecule has 0 unspecified atom stereocenters. The minimum atomic E-state index is -0.231. The van der Waals surface area contributed by atoms with E-state index in [0.29, 0.717) is 31.7 Å². The van der Waals surface area contributed by atoms with Gasteiger partial charge in [-0.15, -0.1) is 0 Å². The van der Waals surface area contributed by atoms with Crippen molar-refractivity contribution in [2.45, 2.75) is 40.7 Å². The fraction of sp³-hybridized carbons (Fsp3) is 0.360. The van der Waals surface area contributed by atoms with Crippen LogP contribution in [0.2, 0.25) is 0 Å². The standard InChI is InChI=1S/C25H31N3O3/c1-5-31-12-8-11-28(25(30)26-22-10-7-6-9-18(22)3)16-21-15-20-14-17(2)13-19(4)23(20)27-24(21)29/h6-7,9-10,13-15H,5,8,11-12,16H2,1-4H3,(H,26,30)(H,27,29). The fourth-order valence-corrected chi connectivity index (χ4v) is 3.72. The van der Waals surface area contributed by atoms with Gasteiger partial charge in [0.05, 0.1) is 12.1 Å². The molecule has 0 fully saturated rings. The van der Waals surface area contributed by atoms with E-state index in [2.05, 4.69) is 16.4 Å². The average Bonchev–Trinajstić information content (AvgIpc) is 2.73. The number of H-pyrrole nitrogens is 1. The van der Waals surface area contributed by atoms with Gasteiger partial charge in [0.25, 0.3) is 5.56 Å². The topological polar surface area (TPSA) is 74.4 Å². The lowest BCUT2D eigenvalue weighted by atomic mass is 10.1. The number of rotatable bonds is 8. The molecule has 1 heterocycles. The van der Waals surface area contributed by atoms with Crippen molar-refractivity contribution in [1.82, 2.24) is 9.88 Å². The van der Waals surface area contributed by atoms with E-state index in [1.54, 1.807) is 4.90 Å². The van der Waals surface area contributed by atoms with E-state index in [9.17, 15) is 9.59 Å². The molecule has 1 aromatic heterocycles. The zero-order valence-corrected chi connectivity index (χ0v) is 18.7. The molecule has 0 bridgehead atoms. The first-order valence-electron chi connectivity index (χ1n) is 10.7. The second kappa shape index (κ2) is 10.3. The molecule has 3 aromatic rings. The second-order valence-electron chi connectivity index (χ2n) is 7.89.